The number of Topliss-reactive ketones (excluding diaryl/α,β-unsaturated/α-hetero) is 1. The van der Waals surface area contributed by atoms with Gasteiger partial charge >= 0.3 is 0 Å². The highest BCUT2D eigenvalue weighted by molar-refractivity contribution is 6.45. The quantitative estimate of drug-likeness (QED) is 0.495. The first kappa shape index (κ1) is 15.6. The molecule has 0 aliphatic rings. The maximum atomic E-state index is 11.7. The van der Waals surface area contributed by atoms with Gasteiger partial charge in [-0.2, -0.15) is 0 Å². The Kier molecular flexibility index (Phi) is 4.74. The first-order valence-electron chi connectivity index (χ1n) is 5.93. The first-order valence-corrected chi connectivity index (χ1v) is 5.93. The van der Waals surface area contributed by atoms with Gasteiger partial charge in [-0.1, -0.05) is 26.8 Å². The Bertz CT molecular complexity index is 556. The molecule has 1 aromatic heterocycles. The number of allylic oxidation sites excluding steroid dienone is 1. The summed E-state index contributed by atoms with van der Waals surface area (Å²) in [6, 6.07) is 4.81. The molecular formula is C14H16N2O4. The Hall–Kier alpha value is -2.50. The highest BCUT2D eigenvalue weighted by Gasteiger charge is 2.26. The number of nitrogens with one attached hydrogen (secondary N) is 1. The summed E-state index contributed by atoms with van der Waals surface area (Å²) in [5, 5.41) is 11.8. The monoisotopic (exact) mass is 276 g/mol. The average Bonchev–Trinajstić information content (AvgIpc) is 2.37. The minimum Gasteiger partial charge on any atom is -0.504 e. The minimum absolute atomic E-state index is 0.209. The van der Waals surface area contributed by atoms with E-state index in [0.29, 0.717) is 6.08 Å². The molecule has 1 aromatic rings. The lowest BCUT2D eigenvalue weighted by atomic mass is 9.89. The van der Waals surface area contributed by atoms with Crippen LogP contribution in [0.25, 0.3) is 0 Å². The van der Waals surface area contributed by atoms with Crippen molar-refractivity contribution in [3.8, 4) is 0 Å². The Balaban J connectivity index is 2.76. The highest BCUT2D eigenvalue weighted by atomic mass is 16.3. The van der Waals surface area contributed by atoms with Crippen molar-refractivity contribution in [3.05, 3.63) is 36.2 Å². The van der Waals surface area contributed by atoms with Gasteiger partial charge in [0.1, 0.15) is 5.82 Å². The first-order chi connectivity index (χ1) is 9.21. The van der Waals surface area contributed by atoms with Gasteiger partial charge < -0.3 is 10.4 Å². The number of aliphatic hydroxyl groups excluding tert-OH is 1. The minimum atomic E-state index is -1.02. The van der Waals surface area contributed by atoms with Crippen LogP contribution in [0.5, 0.6) is 0 Å². The van der Waals surface area contributed by atoms with E-state index in [9.17, 15) is 19.5 Å². The highest BCUT2D eigenvalue weighted by Crippen LogP contribution is 2.18. The van der Waals surface area contributed by atoms with E-state index in [1.165, 1.54) is 12.3 Å². The van der Waals surface area contributed by atoms with Crippen LogP contribution in [0.3, 0.4) is 0 Å². The molecule has 1 heterocycles. The molecule has 0 atom stereocenters. The number of anilines is 1. The summed E-state index contributed by atoms with van der Waals surface area (Å²) in [4.78, 5) is 38.6. The van der Waals surface area contributed by atoms with Crippen molar-refractivity contribution in [2.75, 3.05) is 5.32 Å². The van der Waals surface area contributed by atoms with E-state index in [2.05, 4.69) is 10.3 Å². The maximum absolute atomic E-state index is 11.7. The van der Waals surface area contributed by atoms with E-state index in [-0.39, 0.29) is 5.82 Å². The van der Waals surface area contributed by atoms with Crippen LogP contribution in [0.4, 0.5) is 5.82 Å². The zero-order valence-corrected chi connectivity index (χ0v) is 11.5. The SMILES string of the molecule is CC(C)(C)C(=O)C(O)=CC(=O)C(=O)Nc1ccccn1. The van der Waals surface area contributed by atoms with E-state index in [4.69, 9.17) is 0 Å². The molecule has 106 valence electrons. The number of aromatic nitrogens is 1. The fourth-order valence-electron chi connectivity index (χ4n) is 1.25. The van der Waals surface area contributed by atoms with Crippen LogP contribution in [0.2, 0.25) is 0 Å². The lowest BCUT2D eigenvalue weighted by Crippen LogP contribution is -2.25. The second-order valence-electron chi connectivity index (χ2n) is 5.14. The third kappa shape index (κ3) is 4.31. The third-order valence-corrected chi connectivity index (χ3v) is 2.31. The van der Waals surface area contributed by atoms with Crippen molar-refractivity contribution in [2.45, 2.75) is 20.8 Å². The number of ketones is 2. The Labute approximate surface area is 116 Å². The Morgan fingerprint density at radius 1 is 1.25 bits per heavy atom. The molecule has 0 radical (unpaired) electrons. The van der Waals surface area contributed by atoms with Gasteiger partial charge in [0.2, 0.25) is 11.6 Å². The van der Waals surface area contributed by atoms with Gasteiger partial charge in [0.15, 0.2) is 5.76 Å². The molecule has 0 fully saturated rings. The zero-order valence-electron chi connectivity index (χ0n) is 11.5. The molecule has 0 aliphatic carbocycles. The molecule has 0 aromatic carbocycles. The predicted octanol–water partition coefficient (Wildman–Crippen LogP) is 1.65. The number of pyridine rings is 1. The van der Waals surface area contributed by atoms with Crippen LogP contribution in [-0.2, 0) is 14.4 Å². The molecular weight excluding hydrogens is 260 g/mol. The summed E-state index contributed by atoms with van der Waals surface area (Å²) in [5.41, 5.74) is -0.835. The van der Waals surface area contributed by atoms with Crippen LogP contribution in [0, 0.1) is 5.41 Å². The maximum Gasteiger partial charge on any atom is 0.297 e. The molecule has 6 nitrogen and oxygen atoms in total. The van der Waals surface area contributed by atoms with Gasteiger partial charge in [-0.15, -0.1) is 0 Å². The van der Waals surface area contributed by atoms with Crippen molar-refractivity contribution < 1.29 is 19.5 Å². The van der Waals surface area contributed by atoms with Crippen LogP contribution >= 0.6 is 0 Å². The molecule has 0 unspecified atom stereocenters. The molecule has 0 saturated carbocycles. The molecule has 1 amide bonds. The normalized spacial score (nSPS) is 11.8. The lowest BCUT2D eigenvalue weighted by molar-refractivity contribution is -0.132. The number of hydrogen-bond acceptors (Lipinski definition) is 5. The molecule has 0 aliphatic heterocycles. The van der Waals surface area contributed by atoms with E-state index in [1.54, 1.807) is 32.9 Å². The topological polar surface area (TPSA) is 96.4 Å². The van der Waals surface area contributed by atoms with E-state index < -0.39 is 28.6 Å². The van der Waals surface area contributed by atoms with Crippen molar-refractivity contribution in [1.82, 2.24) is 4.98 Å². The number of carbonyl (C=O) groups excluding carboxylic acids is 3. The predicted molar refractivity (Wildman–Crippen MR) is 73.0 cm³/mol. The fourth-order valence-corrected chi connectivity index (χ4v) is 1.25. The second kappa shape index (κ2) is 6.10. The smallest absolute Gasteiger partial charge is 0.297 e. The Morgan fingerprint density at radius 3 is 2.40 bits per heavy atom. The third-order valence-electron chi connectivity index (χ3n) is 2.31. The number of rotatable bonds is 4. The molecule has 1 rings (SSSR count). The number of aliphatic hydroxyl groups is 1. The standard InChI is InChI=1S/C14H16N2O4/c1-14(2,3)12(19)9(17)8-10(18)13(20)16-11-6-4-5-7-15-11/h4-8,17H,1-3H3,(H,15,16,20). The molecule has 2 N–H and O–H groups in total. The van der Waals surface area contributed by atoms with Crippen molar-refractivity contribution >= 4 is 23.3 Å². The summed E-state index contributed by atoms with van der Waals surface area (Å²) in [5.74, 6) is -3.14. The van der Waals surface area contributed by atoms with Gasteiger partial charge in [0.05, 0.1) is 0 Å². The molecule has 20 heavy (non-hydrogen) atoms. The number of carbonyl (C=O) groups is 3. The number of nitrogens with zero attached hydrogens (tertiary/aromatic N) is 1. The van der Waals surface area contributed by atoms with Gasteiger partial charge in [0, 0.05) is 17.7 Å². The fraction of sp³-hybridized carbons (Fsp3) is 0.286. The van der Waals surface area contributed by atoms with E-state index in [0.717, 1.165) is 0 Å². The van der Waals surface area contributed by atoms with Crippen LogP contribution in [0.1, 0.15) is 20.8 Å². The number of hydrogen-bond donors (Lipinski definition) is 2. The van der Waals surface area contributed by atoms with Crippen molar-refractivity contribution in [1.29, 1.82) is 0 Å². The van der Waals surface area contributed by atoms with Gasteiger partial charge in [-0.05, 0) is 12.1 Å². The molecule has 0 spiro atoms. The van der Waals surface area contributed by atoms with Crippen molar-refractivity contribution in [2.24, 2.45) is 5.41 Å². The number of amides is 1. The van der Waals surface area contributed by atoms with Gasteiger partial charge in [0.25, 0.3) is 5.91 Å². The summed E-state index contributed by atoms with van der Waals surface area (Å²) < 4.78 is 0. The average molecular weight is 276 g/mol. The summed E-state index contributed by atoms with van der Waals surface area (Å²) in [6.45, 7) is 4.79. The zero-order chi connectivity index (χ0) is 15.3. The van der Waals surface area contributed by atoms with Gasteiger partial charge in [-0.25, -0.2) is 4.98 Å². The van der Waals surface area contributed by atoms with Crippen LogP contribution in [0.15, 0.2) is 36.2 Å². The summed E-state index contributed by atoms with van der Waals surface area (Å²) in [7, 11) is 0. The molecule has 6 heteroatoms. The van der Waals surface area contributed by atoms with E-state index >= 15 is 0 Å². The van der Waals surface area contributed by atoms with Crippen molar-refractivity contribution in [3.63, 3.8) is 0 Å². The van der Waals surface area contributed by atoms with Crippen LogP contribution in [-0.4, -0.2) is 27.6 Å². The molecule has 0 saturated heterocycles. The second-order valence-corrected chi connectivity index (χ2v) is 5.14. The van der Waals surface area contributed by atoms with Gasteiger partial charge in [-0.3, -0.25) is 14.4 Å². The lowest BCUT2D eigenvalue weighted by Gasteiger charge is -2.15. The largest absolute Gasteiger partial charge is 0.504 e. The van der Waals surface area contributed by atoms with Crippen LogP contribution < -0.4 is 5.32 Å². The summed E-state index contributed by atoms with van der Waals surface area (Å²) >= 11 is 0. The summed E-state index contributed by atoms with van der Waals surface area (Å²) in [6.07, 6.45) is 2.07. The Morgan fingerprint density at radius 2 is 1.90 bits per heavy atom. The molecule has 0 bridgehead atoms. The van der Waals surface area contributed by atoms with E-state index in [1.807, 2.05) is 0 Å².